The van der Waals surface area contributed by atoms with Crippen LogP contribution in [0.1, 0.15) is 15.9 Å². The molecule has 1 amide bonds. The minimum atomic E-state index is -0.259. The Morgan fingerprint density at radius 1 is 1.04 bits per heavy atom. The molecule has 1 aromatic heterocycles. The number of rotatable bonds is 3. The molecule has 4 nitrogen and oxygen atoms in total. The molecule has 2 heterocycles. The maximum atomic E-state index is 12.6. The maximum absolute atomic E-state index is 12.6. The summed E-state index contributed by atoms with van der Waals surface area (Å²) in [4.78, 5) is 19.0. The molecule has 0 radical (unpaired) electrons. The van der Waals surface area contributed by atoms with Crippen LogP contribution in [0.4, 0.5) is 17.1 Å². The number of halogens is 2. The molecule has 1 N–H and O–H groups in total. The Hall–Kier alpha value is -2.56. The number of amides is 1. The first-order valence-electron chi connectivity index (χ1n) is 8.18. The molecule has 26 heavy (non-hydrogen) atoms. The van der Waals surface area contributed by atoms with Gasteiger partial charge in [-0.3, -0.25) is 9.78 Å². The van der Waals surface area contributed by atoms with Gasteiger partial charge in [-0.2, -0.15) is 0 Å². The van der Waals surface area contributed by atoms with Crippen molar-refractivity contribution in [3.05, 3.63) is 82.1 Å². The average Bonchev–Trinajstić information content (AvgIpc) is 3.05. The zero-order valence-electron chi connectivity index (χ0n) is 13.7. The van der Waals surface area contributed by atoms with Crippen molar-refractivity contribution in [3.63, 3.8) is 0 Å². The van der Waals surface area contributed by atoms with Gasteiger partial charge in [0, 0.05) is 34.2 Å². The monoisotopic (exact) mass is 383 g/mol. The average molecular weight is 384 g/mol. The molecule has 1 aliphatic rings. The van der Waals surface area contributed by atoms with Crippen molar-refractivity contribution in [3.8, 4) is 0 Å². The number of benzene rings is 2. The van der Waals surface area contributed by atoms with Gasteiger partial charge in [0.15, 0.2) is 0 Å². The Morgan fingerprint density at radius 3 is 2.62 bits per heavy atom. The van der Waals surface area contributed by atoms with E-state index in [4.69, 9.17) is 23.2 Å². The number of para-hydroxylation sites is 1. The Morgan fingerprint density at radius 2 is 1.81 bits per heavy atom. The van der Waals surface area contributed by atoms with E-state index in [0.29, 0.717) is 21.3 Å². The predicted molar refractivity (Wildman–Crippen MR) is 106 cm³/mol. The van der Waals surface area contributed by atoms with E-state index in [0.717, 1.165) is 24.3 Å². The smallest absolute Gasteiger partial charge is 0.257 e. The third-order valence-corrected chi connectivity index (χ3v) is 4.74. The molecule has 0 aliphatic carbocycles. The second kappa shape index (κ2) is 6.98. The minimum Gasteiger partial charge on any atom is -0.340 e. The van der Waals surface area contributed by atoms with Gasteiger partial charge in [0.05, 0.1) is 17.4 Å². The fourth-order valence-corrected chi connectivity index (χ4v) is 3.66. The van der Waals surface area contributed by atoms with Crippen LogP contribution in [0.2, 0.25) is 10.0 Å². The van der Waals surface area contributed by atoms with Crippen molar-refractivity contribution in [2.75, 3.05) is 16.8 Å². The zero-order chi connectivity index (χ0) is 18.1. The number of hydrogen-bond donors (Lipinski definition) is 1. The van der Waals surface area contributed by atoms with E-state index in [1.54, 1.807) is 30.6 Å². The highest BCUT2D eigenvalue weighted by atomic mass is 35.5. The van der Waals surface area contributed by atoms with E-state index in [1.165, 1.54) is 5.56 Å². The third kappa shape index (κ3) is 3.39. The first kappa shape index (κ1) is 16.9. The van der Waals surface area contributed by atoms with Crippen LogP contribution in [-0.2, 0) is 6.42 Å². The molecular weight excluding hydrogens is 369 g/mol. The predicted octanol–water partition coefficient (Wildman–Crippen LogP) is 5.33. The fraction of sp³-hybridized carbons (Fsp3) is 0.100. The standard InChI is InChI=1S/C20H15Cl2N3O/c21-15-8-16(22)10-17(9-15)24-20(26)14-7-18(12-23-11-14)25-6-5-13-3-1-2-4-19(13)25/h1-4,7-12H,5-6H2,(H,24,26). The van der Waals surface area contributed by atoms with E-state index >= 15 is 0 Å². The lowest BCUT2D eigenvalue weighted by atomic mass is 10.2. The highest BCUT2D eigenvalue weighted by Crippen LogP contribution is 2.34. The Balaban J connectivity index is 1.59. The number of aromatic nitrogens is 1. The number of nitrogens with one attached hydrogen (secondary N) is 1. The van der Waals surface area contributed by atoms with Crippen LogP contribution < -0.4 is 10.2 Å². The van der Waals surface area contributed by atoms with Gasteiger partial charge in [0.25, 0.3) is 5.91 Å². The Kier molecular flexibility index (Phi) is 4.53. The molecule has 0 unspecified atom stereocenters. The number of hydrogen-bond acceptors (Lipinski definition) is 3. The van der Waals surface area contributed by atoms with Gasteiger partial charge in [-0.1, -0.05) is 41.4 Å². The molecule has 0 saturated heterocycles. The van der Waals surface area contributed by atoms with Crippen LogP contribution >= 0.6 is 23.2 Å². The lowest BCUT2D eigenvalue weighted by Gasteiger charge is -2.19. The van der Waals surface area contributed by atoms with Crippen molar-refractivity contribution >= 4 is 46.2 Å². The summed E-state index contributed by atoms with van der Waals surface area (Å²) in [6.45, 7) is 0.871. The highest BCUT2D eigenvalue weighted by molar-refractivity contribution is 6.35. The van der Waals surface area contributed by atoms with Crippen LogP contribution in [0.25, 0.3) is 0 Å². The van der Waals surface area contributed by atoms with Crippen LogP contribution in [0.3, 0.4) is 0 Å². The van der Waals surface area contributed by atoms with Crippen LogP contribution in [0.15, 0.2) is 60.9 Å². The molecule has 0 saturated carbocycles. The second-order valence-corrected chi connectivity index (χ2v) is 6.95. The van der Waals surface area contributed by atoms with Crippen molar-refractivity contribution in [2.24, 2.45) is 0 Å². The molecule has 0 bridgehead atoms. The first-order valence-corrected chi connectivity index (χ1v) is 8.94. The molecule has 4 rings (SSSR count). The Labute approximate surface area is 161 Å². The molecule has 3 aromatic rings. The summed E-state index contributed by atoms with van der Waals surface area (Å²) in [6, 6.07) is 15.0. The van der Waals surface area contributed by atoms with Crippen LogP contribution in [0, 0.1) is 0 Å². The SMILES string of the molecule is O=C(Nc1cc(Cl)cc(Cl)c1)c1cncc(N2CCc3ccccc32)c1. The molecule has 2 aromatic carbocycles. The van der Waals surface area contributed by atoms with Gasteiger partial charge >= 0.3 is 0 Å². The molecular formula is C20H15Cl2N3O. The fourth-order valence-electron chi connectivity index (χ4n) is 3.14. The zero-order valence-corrected chi connectivity index (χ0v) is 15.3. The van der Waals surface area contributed by atoms with E-state index in [1.807, 2.05) is 18.2 Å². The molecule has 6 heteroatoms. The summed E-state index contributed by atoms with van der Waals surface area (Å²) in [5.74, 6) is -0.259. The summed E-state index contributed by atoms with van der Waals surface area (Å²) >= 11 is 12.0. The lowest BCUT2D eigenvalue weighted by molar-refractivity contribution is 0.102. The third-order valence-electron chi connectivity index (χ3n) is 4.31. The Bertz CT molecular complexity index is 970. The molecule has 1 aliphatic heterocycles. The second-order valence-electron chi connectivity index (χ2n) is 6.07. The number of pyridine rings is 1. The van der Waals surface area contributed by atoms with E-state index < -0.39 is 0 Å². The summed E-state index contributed by atoms with van der Waals surface area (Å²) in [6.07, 6.45) is 4.30. The van der Waals surface area contributed by atoms with Gasteiger partial charge < -0.3 is 10.2 Å². The maximum Gasteiger partial charge on any atom is 0.257 e. The van der Waals surface area contributed by atoms with Gasteiger partial charge in [0.2, 0.25) is 0 Å². The quantitative estimate of drug-likeness (QED) is 0.664. The topological polar surface area (TPSA) is 45.2 Å². The van der Waals surface area contributed by atoms with E-state index in [2.05, 4.69) is 27.3 Å². The van der Waals surface area contributed by atoms with Gasteiger partial charge in [-0.25, -0.2) is 0 Å². The van der Waals surface area contributed by atoms with Crippen molar-refractivity contribution in [1.29, 1.82) is 0 Å². The molecule has 0 spiro atoms. The lowest BCUT2D eigenvalue weighted by Crippen LogP contribution is -2.16. The summed E-state index contributed by atoms with van der Waals surface area (Å²) in [7, 11) is 0. The molecule has 0 atom stereocenters. The normalized spacial score (nSPS) is 12.8. The minimum absolute atomic E-state index is 0.259. The number of nitrogens with zero attached hydrogens (tertiary/aromatic N) is 2. The van der Waals surface area contributed by atoms with E-state index in [-0.39, 0.29) is 5.91 Å². The number of fused-ring (bicyclic) bond motifs is 1. The molecule has 130 valence electrons. The van der Waals surface area contributed by atoms with Crippen molar-refractivity contribution < 1.29 is 4.79 Å². The summed E-state index contributed by atoms with van der Waals surface area (Å²) in [5.41, 5.74) is 4.38. The van der Waals surface area contributed by atoms with Crippen LogP contribution in [-0.4, -0.2) is 17.4 Å². The van der Waals surface area contributed by atoms with Crippen molar-refractivity contribution in [1.82, 2.24) is 4.98 Å². The highest BCUT2D eigenvalue weighted by Gasteiger charge is 2.21. The van der Waals surface area contributed by atoms with Gasteiger partial charge in [-0.05, 0) is 42.3 Å². The number of carbonyl (C=O) groups excluding carboxylic acids is 1. The number of anilines is 3. The summed E-state index contributed by atoms with van der Waals surface area (Å²) in [5, 5.41) is 3.74. The van der Waals surface area contributed by atoms with E-state index in [9.17, 15) is 4.79 Å². The molecule has 0 fully saturated rings. The van der Waals surface area contributed by atoms with Gasteiger partial charge in [-0.15, -0.1) is 0 Å². The van der Waals surface area contributed by atoms with Crippen molar-refractivity contribution in [2.45, 2.75) is 6.42 Å². The number of carbonyl (C=O) groups is 1. The first-order chi connectivity index (χ1) is 12.6. The largest absolute Gasteiger partial charge is 0.340 e. The van der Waals surface area contributed by atoms with Gasteiger partial charge in [0.1, 0.15) is 0 Å². The summed E-state index contributed by atoms with van der Waals surface area (Å²) < 4.78 is 0. The van der Waals surface area contributed by atoms with Crippen LogP contribution in [0.5, 0.6) is 0 Å².